The number of rotatable bonds is 2. The van der Waals surface area contributed by atoms with Crippen molar-refractivity contribution in [3.8, 4) is 0 Å². The molecule has 1 unspecified atom stereocenters. The number of aliphatic hydroxyl groups is 1. The molecule has 0 radical (unpaired) electrons. The highest BCUT2D eigenvalue weighted by Gasteiger charge is 2.45. The monoisotopic (exact) mass is 212 g/mol. The topological polar surface area (TPSA) is 143 Å². The van der Waals surface area contributed by atoms with Crippen molar-refractivity contribution in [2.45, 2.75) is 6.04 Å². The van der Waals surface area contributed by atoms with Crippen LogP contribution in [0, 0.1) is 20.2 Å². The van der Waals surface area contributed by atoms with Gasteiger partial charge in [0.1, 0.15) is 0 Å². The summed E-state index contributed by atoms with van der Waals surface area (Å²) in [6, 6.07) is -1.90. The number of hydrogen-bond acceptors (Lipinski definition) is 5. The molecule has 1 N–H and O–H groups in total. The molecule has 0 aromatic carbocycles. The smallest absolute Gasteiger partial charge is 0.373 e. The van der Waals surface area contributed by atoms with Gasteiger partial charge in [0.2, 0.25) is 0 Å². The maximum Gasteiger partial charge on any atom is 0.373 e. The fraction of sp³-hybridized carbons (Fsp3) is 0.167. The van der Waals surface area contributed by atoms with Crippen LogP contribution in [0.3, 0.4) is 0 Å². The van der Waals surface area contributed by atoms with E-state index in [0.717, 1.165) is 12.2 Å². The van der Waals surface area contributed by atoms with Crippen LogP contribution in [-0.4, -0.2) is 31.5 Å². The highest BCUT2D eigenvalue weighted by Crippen LogP contribution is 2.17. The molecule has 0 amide bonds. The zero-order valence-electron chi connectivity index (χ0n) is 7.10. The van der Waals surface area contributed by atoms with Crippen molar-refractivity contribution < 1.29 is 19.7 Å². The largest absolute Gasteiger partial charge is 0.500 e. The zero-order chi connectivity index (χ0) is 11.6. The summed E-state index contributed by atoms with van der Waals surface area (Å²) in [7, 11) is 0. The molecule has 0 aromatic heterocycles. The molecule has 0 saturated carbocycles. The van der Waals surface area contributed by atoms with Crippen LogP contribution >= 0.6 is 0 Å². The van der Waals surface area contributed by atoms with Gasteiger partial charge in [-0.15, -0.1) is 0 Å². The molecule has 0 heterocycles. The fourth-order valence-electron chi connectivity index (χ4n) is 1.07. The number of nitrogens with zero attached hydrogens (tertiary/aromatic N) is 4. The van der Waals surface area contributed by atoms with Crippen LogP contribution in [0.15, 0.2) is 23.6 Å². The summed E-state index contributed by atoms with van der Waals surface area (Å²) < 4.78 is 0. The number of aliphatic hydroxyl groups excluding tert-OH is 1. The van der Waals surface area contributed by atoms with Crippen molar-refractivity contribution >= 4 is 5.71 Å². The highest BCUT2D eigenvalue weighted by molar-refractivity contribution is 5.97. The Balaban J connectivity index is 3.33. The Labute approximate surface area is 81.9 Å². The first-order chi connectivity index (χ1) is 6.99. The lowest BCUT2D eigenvalue weighted by Crippen LogP contribution is -2.34. The number of allylic oxidation sites excluding steroid dienone is 1. The van der Waals surface area contributed by atoms with E-state index in [-0.39, 0.29) is 0 Å². The second kappa shape index (κ2) is 3.68. The van der Waals surface area contributed by atoms with Crippen molar-refractivity contribution in [2.24, 2.45) is 0 Å². The Kier molecular flexibility index (Phi) is 2.59. The molecule has 0 aromatic rings. The predicted molar refractivity (Wildman–Crippen MR) is 45.2 cm³/mol. The van der Waals surface area contributed by atoms with Gasteiger partial charge in [-0.2, -0.15) is 4.79 Å². The van der Waals surface area contributed by atoms with Crippen LogP contribution in [0.4, 0.5) is 0 Å². The van der Waals surface area contributed by atoms with Crippen molar-refractivity contribution in [1.29, 1.82) is 0 Å². The molecule has 9 heteroatoms. The molecule has 0 saturated heterocycles. The third-order valence-electron chi connectivity index (χ3n) is 1.74. The molecule has 9 nitrogen and oxygen atoms in total. The lowest BCUT2D eigenvalue weighted by Gasteiger charge is -2.05. The van der Waals surface area contributed by atoms with E-state index >= 15 is 0 Å². The van der Waals surface area contributed by atoms with Crippen molar-refractivity contribution in [3.05, 3.63) is 49.4 Å². The molecule has 1 rings (SSSR count). The molecule has 0 bridgehead atoms. The Bertz CT molecular complexity index is 444. The molecule has 0 spiro atoms. The minimum Gasteiger partial charge on any atom is -0.500 e. The van der Waals surface area contributed by atoms with Gasteiger partial charge >= 0.3 is 17.5 Å². The van der Waals surface area contributed by atoms with Gasteiger partial charge < -0.3 is 10.6 Å². The van der Waals surface area contributed by atoms with E-state index in [1.54, 1.807) is 0 Å². The first-order valence-corrected chi connectivity index (χ1v) is 3.60. The summed E-state index contributed by atoms with van der Waals surface area (Å²) in [6.45, 7) is 0. The Morgan fingerprint density at radius 3 is 2.40 bits per heavy atom. The minimum atomic E-state index is -1.90. The van der Waals surface area contributed by atoms with Gasteiger partial charge in [0.05, 0.1) is 4.92 Å². The third-order valence-corrected chi connectivity index (χ3v) is 1.74. The maximum absolute atomic E-state index is 10.5. The van der Waals surface area contributed by atoms with Gasteiger partial charge in [0, 0.05) is 17.1 Å². The van der Waals surface area contributed by atoms with Crippen molar-refractivity contribution in [1.82, 2.24) is 0 Å². The Hall–Kier alpha value is -2.54. The fourth-order valence-corrected chi connectivity index (χ4v) is 1.07. The van der Waals surface area contributed by atoms with E-state index in [4.69, 9.17) is 5.53 Å². The third kappa shape index (κ3) is 1.71. The summed E-state index contributed by atoms with van der Waals surface area (Å²) in [5, 5.41) is 30.0. The summed E-state index contributed by atoms with van der Waals surface area (Å²) in [6.07, 6.45) is 1.72. The maximum atomic E-state index is 10.5. The SMILES string of the molecule is [N-]=[N+]=C1C=CC([N+](=O)[O-])=C(O)C1[N+](=O)[O-]. The lowest BCUT2D eigenvalue weighted by molar-refractivity contribution is -0.504. The molecule has 1 aliphatic rings. The van der Waals surface area contributed by atoms with Crippen molar-refractivity contribution in [2.75, 3.05) is 0 Å². The molecule has 1 atom stereocenters. The van der Waals surface area contributed by atoms with Crippen LogP contribution in [-0.2, 0) is 0 Å². The van der Waals surface area contributed by atoms with Gasteiger partial charge in [-0.25, -0.2) is 0 Å². The van der Waals surface area contributed by atoms with Gasteiger partial charge in [-0.05, 0) is 0 Å². The second-order valence-corrected chi connectivity index (χ2v) is 2.57. The summed E-state index contributed by atoms with van der Waals surface area (Å²) in [5.41, 5.74) is 7.12. The van der Waals surface area contributed by atoms with Gasteiger partial charge in [0.15, 0.2) is 0 Å². The summed E-state index contributed by atoms with van der Waals surface area (Å²) >= 11 is 0. The normalized spacial score (nSPS) is 20.0. The van der Waals surface area contributed by atoms with Gasteiger partial charge in [-0.1, -0.05) is 0 Å². The Morgan fingerprint density at radius 1 is 1.40 bits per heavy atom. The van der Waals surface area contributed by atoms with Crippen LogP contribution in [0.1, 0.15) is 0 Å². The van der Waals surface area contributed by atoms with E-state index in [0.29, 0.717) is 0 Å². The molecular weight excluding hydrogens is 208 g/mol. The highest BCUT2D eigenvalue weighted by atomic mass is 16.6. The van der Waals surface area contributed by atoms with Crippen molar-refractivity contribution in [3.63, 3.8) is 0 Å². The van der Waals surface area contributed by atoms with Crippen LogP contribution in [0.25, 0.3) is 5.53 Å². The zero-order valence-corrected chi connectivity index (χ0v) is 7.10. The molecule has 0 fully saturated rings. The first kappa shape index (κ1) is 10.5. The van der Waals surface area contributed by atoms with E-state index in [1.165, 1.54) is 0 Å². The van der Waals surface area contributed by atoms with Crippen LogP contribution < -0.4 is 0 Å². The minimum absolute atomic E-state index is 0.469. The summed E-state index contributed by atoms with van der Waals surface area (Å²) in [5.74, 6) is -1.06. The van der Waals surface area contributed by atoms with E-state index in [9.17, 15) is 25.3 Å². The molecule has 1 aliphatic carbocycles. The number of hydrogen-bond donors (Lipinski definition) is 1. The first-order valence-electron chi connectivity index (χ1n) is 3.60. The summed E-state index contributed by atoms with van der Waals surface area (Å²) in [4.78, 5) is 21.4. The molecule has 78 valence electrons. The Morgan fingerprint density at radius 2 is 2.00 bits per heavy atom. The van der Waals surface area contributed by atoms with Crippen LogP contribution in [0.2, 0.25) is 0 Å². The van der Waals surface area contributed by atoms with E-state index < -0.39 is 33.1 Å². The number of nitro groups is 2. The van der Waals surface area contributed by atoms with E-state index in [1.807, 2.05) is 0 Å². The quantitative estimate of drug-likeness (QED) is 0.294. The van der Waals surface area contributed by atoms with Gasteiger partial charge in [-0.3, -0.25) is 20.2 Å². The van der Waals surface area contributed by atoms with Gasteiger partial charge in [0.25, 0.3) is 5.76 Å². The lowest BCUT2D eigenvalue weighted by atomic mass is 10.0. The second-order valence-electron chi connectivity index (χ2n) is 2.57. The van der Waals surface area contributed by atoms with Crippen LogP contribution in [0.5, 0.6) is 0 Å². The average Bonchev–Trinajstić information content (AvgIpc) is 2.15. The van der Waals surface area contributed by atoms with E-state index in [2.05, 4.69) is 4.79 Å². The molecule has 0 aliphatic heterocycles. The standard InChI is InChI=1S/C6H4N4O5/c7-8-3-1-2-4(9(12)13)6(11)5(3)10(14)15/h1-2,5,11H. The molecular formula is C6H4N4O5. The molecule has 15 heavy (non-hydrogen) atoms. The average molecular weight is 212 g/mol. The predicted octanol–water partition coefficient (Wildman–Crippen LogP) is -0.0814.